The lowest BCUT2D eigenvalue weighted by Crippen LogP contribution is -2.54. The highest BCUT2D eigenvalue weighted by atomic mass is 19.3. The van der Waals surface area contributed by atoms with Crippen molar-refractivity contribution in [2.45, 2.75) is 38.2 Å². The van der Waals surface area contributed by atoms with Crippen LogP contribution >= 0.6 is 0 Å². The van der Waals surface area contributed by atoms with Crippen LogP contribution in [0.2, 0.25) is 0 Å². The van der Waals surface area contributed by atoms with E-state index in [0.717, 1.165) is 18.7 Å². The number of carbonyl (C=O) groups excluding carboxylic acids is 1. The van der Waals surface area contributed by atoms with E-state index >= 15 is 0 Å². The van der Waals surface area contributed by atoms with Gasteiger partial charge in [0.1, 0.15) is 17.1 Å². The van der Waals surface area contributed by atoms with Gasteiger partial charge in [0.05, 0.1) is 11.3 Å². The first-order valence-electron chi connectivity index (χ1n) is 9.43. The highest BCUT2D eigenvalue weighted by Crippen LogP contribution is 2.42. The second-order valence-electron chi connectivity index (χ2n) is 7.91. The lowest BCUT2D eigenvalue weighted by atomic mass is 9.80. The maximum absolute atomic E-state index is 13.1. The van der Waals surface area contributed by atoms with Gasteiger partial charge in [0.15, 0.2) is 0 Å². The first-order valence-corrected chi connectivity index (χ1v) is 9.43. The quantitative estimate of drug-likeness (QED) is 0.879. The van der Waals surface area contributed by atoms with Crippen molar-refractivity contribution in [3.63, 3.8) is 0 Å². The summed E-state index contributed by atoms with van der Waals surface area (Å²) in [6, 6.07) is 5.61. The molecule has 1 aliphatic heterocycles. The zero-order valence-electron chi connectivity index (χ0n) is 15.5. The monoisotopic (exact) mass is 385 g/mol. The van der Waals surface area contributed by atoms with Gasteiger partial charge in [-0.1, -0.05) is 6.92 Å². The van der Waals surface area contributed by atoms with E-state index in [1.54, 1.807) is 18.5 Å². The third-order valence-electron chi connectivity index (χ3n) is 5.53. The number of anilines is 1. The lowest BCUT2D eigenvalue weighted by Gasteiger charge is -2.40. The van der Waals surface area contributed by atoms with E-state index in [1.165, 1.54) is 0 Å². The van der Waals surface area contributed by atoms with Crippen LogP contribution in [-0.4, -0.2) is 40.9 Å². The highest BCUT2D eigenvalue weighted by Gasteiger charge is 2.49. The van der Waals surface area contributed by atoms with Gasteiger partial charge in [-0.2, -0.15) is 5.26 Å². The Bertz CT molecular complexity index is 949. The van der Waals surface area contributed by atoms with Crippen molar-refractivity contribution in [3.8, 4) is 6.07 Å². The minimum absolute atomic E-state index is 0.118. The van der Waals surface area contributed by atoms with Crippen LogP contribution in [0.4, 0.5) is 14.5 Å². The molecule has 4 rings (SSSR count). The normalized spacial score (nSPS) is 24.4. The number of piperidine rings is 1. The molecule has 1 aliphatic carbocycles. The van der Waals surface area contributed by atoms with Gasteiger partial charge in [0.2, 0.25) is 11.8 Å². The molecule has 0 unspecified atom stereocenters. The molecular weight excluding hydrogens is 364 g/mol. The van der Waals surface area contributed by atoms with Crippen LogP contribution in [0.5, 0.6) is 0 Å². The Labute approximate surface area is 161 Å². The summed E-state index contributed by atoms with van der Waals surface area (Å²) in [6.45, 7) is 3.45. The van der Waals surface area contributed by atoms with Crippen molar-refractivity contribution >= 4 is 22.6 Å². The molecule has 2 atom stereocenters. The summed E-state index contributed by atoms with van der Waals surface area (Å²) in [5.41, 5.74) is 2.54. The van der Waals surface area contributed by atoms with Crippen LogP contribution in [0, 0.1) is 23.2 Å². The lowest BCUT2D eigenvalue weighted by molar-refractivity contribution is -0.150. The smallest absolute Gasteiger partial charge is 0.249 e. The number of rotatable bonds is 3. The van der Waals surface area contributed by atoms with E-state index in [9.17, 15) is 18.8 Å². The third kappa shape index (κ3) is 3.49. The second-order valence-corrected chi connectivity index (χ2v) is 7.91. The van der Waals surface area contributed by atoms with Crippen molar-refractivity contribution in [3.05, 3.63) is 30.1 Å². The Hall–Kier alpha value is -2.82. The van der Waals surface area contributed by atoms with Gasteiger partial charge < -0.3 is 10.2 Å². The van der Waals surface area contributed by atoms with Gasteiger partial charge in [-0.25, -0.2) is 8.78 Å². The molecule has 28 heavy (non-hydrogen) atoms. The number of nitriles is 1. The molecule has 1 saturated heterocycles. The van der Waals surface area contributed by atoms with E-state index < -0.39 is 11.8 Å². The van der Waals surface area contributed by atoms with E-state index in [-0.39, 0.29) is 24.8 Å². The number of benzene rings is 1. The summed E-state index contributed by atoms with van der Waals surface area (Å²) in [7, 11) is 0. The maximum Gasteiger partial charge on any atom is 0.249 e. The van der Waals surface area contributed by atoms with Crippen LogP contribution in [0.3, 0.4) is 0 Å². The van der Waals surface area contributed by atoms with E-state index in [4.69, 9.17) is 0 Å². The van der Waals surface area contributed by atoms with Crippen LogP contribution in [0.25, 0.3) is 11.0 Å². The predicted octanol–water partition coefficient (Wildman–Crippen LogP) is 2.88. The highest BCUT2D eigenvalue weighted by molar-refractivity contribution is 5.92. The van der Waals surface area contributed by atoms with Gasteiger partial charge in [-0.05, 0) is 24.5 Å². The summed E-state index contributed by atoms with van der Waals surface area (Å²) >= 11 is 0. The van der Waals surface area contributed by atoms with E-state index in [1.807, 2.05) is 6.07 Å². The Balaban J connectivity index is 1.54. The molecule has 2 fully saturated rings. The number of amides is 1. The van der Waals surface area contributed by atoms with E-state index in [2.05, 4.69) is 33.2 Å². The first-order chi connectivity index (χ1) is 13.4. The van der Waals surface area contributed by atoms with Crippen LogP contribution < -0.4 is 10.2 Å². The molecule has 0 spiro atoms. The summed E-state index contributed by atoms with van der Waals surface area (Å²) in [5.74, 6) is -3.27. The fraction of sp³-hybridized carbons (Fsp3) is 0.500. The molecule has 1 aromatic heterocycles. The van der Waals surface area contributed by atoms with Gasteiger partial charge in [-0.3, -0.25) is 14.8 Å². The molecule has 146 valence electrons. The number of halogens is 2. The van der Waals surface area contributed by atoms with Gasteiger partial charge in [0, 0.05) is 50.3 Å². The predicted molar refractivity (Wildman–Crippen MR) is 99.8 cm³/mol. The van der Waals surface area contributed by atoms with Gasteiger partial charge in [-0.15, -0.1) is 0 Å². The average molecular weight is 385 g/mol. The van der Waals surface area contributed by atoms with E-state index in [0.29, 0.717) is 29.1 Å². The van der Waals surface area contributed by atoms with Crippen molar-refractivity contribution in [1.29, 1.82) is 5.26 Å². The molecular formula is C20H21F2N5O. The fourth-order valence-corrected chi connectivity index (χ4v) is 4.21. The molecule has 1 aromatic carbocycles. The number of carbonyl (C=O) groups is 1. The molecule has 2 aromatic rings. The molecule has 6 nitrogen and oxygen atoms in total. The van der Waals surface area contributed by atoms with Crippen LogP contribution in [0.1, 0.15) is 31.7 Å². The molecule has 1 N–H and O–H groups in total. The summed E-state index contributed by atoms with van der Waals surface area (Å²) in [5, 5.41) is 12.3. The van der Waals surface area contributed by atoms with Gasteiger partial charge >= 0.3 is 0 Å². The van der Waals surface area contributed by atoms with Gasteiger partial charge in [0.25, 0.3) is 0 Å². The Morgan fingerprint density at radius 1 is 1.25 bits per heavy atom. The standard InChI is InChI=1S/C20H21F2N5O/c1-12-6-15(26-19(28)14-7-20(21,22)8-14)11-27(10-12)16-3-2-13(9-23)17-18(16)25-5-4-24-17/h2-5,12,14-15H,6-8,10-11H2,1H3,(H,26,28)/t12-,15+/m0/s1. The topological polar surface area (TPSA) is 81.9 Å². The summed E-state index contributed by atoms with van der Waals surface area (Å²) in [6.07, 6.45) is 3.23. The Morgan fingerprint density at radius 3 is 2.64 bits per heavy atom. The first kappa shape index (κ1) is 18.5. The Kier molecular flexibility index (Phi) is 4.61. The molecule has 1 amide bonds. The molecule has 2 heterocycles. The zero-order chi connectivity index (χ0) is 19.9. The van der Waals surface area contributed by atoms with Crippen molar-refractivity contribution in [1.82, 2.24) is 15.3 Å². The number of fused-ring (bicyclic) bond motifs is 1. The maximum atomic E-state index is 13.1. The number of nitrogens with zero attached hydrogens (tertiary/aromatic N) is 4. The SMILES string of the molecule is C[C@H]1C[C@@H](NC(=O)C2CC(F)(F)C2)CN(c2ccc(C#N)c3nccnc23)C1. The minimum atomic E-state index is -2.70. The summed E-state index contributed by atoms with van der Waals surface area (Å²) in [4.78, 5) is 23.2. The van der Waals surface area contributed by atoms with Crippen molar-refractivity contribution in [2.24, 2.45) is 11.8 Å². The number of hydrogen-bond donors (Lipinski definition) is 1. The molecule has 0 bridgehead atoms. The number of nitrogens with one attached hydrogen (secondary N) is 1. The van der Waals surface area contributed by atoms with Crippen molar-refractivity contribution in [2.75, 3.05) is 18.0 Å². The molecule has 1 saturated carbocycles. The summed E-state index contributed by atoms with van der Waals surface area (Å²) < 4.78 is 26.1. The van der Waals surface area contributed by atoms with Crippen LogP contribution in [-0.2, 0) is 4.79 Å². The molecule has 8 heteroatoms. The molecule has 2 aliphatic rings. The van der Waals surface area contributed by atoms with Crippen LogP contribution in [0.15, 0.2) is 24.5 Å². The number of alkyl halides is 2. The number of aromatic nitrogens is 2. The molecule has 0 radical (unpaired) electrons. The Morgan fingerprint density at radius 2 is 1.96 bits per heavy atom. The largest absolute Gasteiger partial charge is 0.367 e. The minimum Gasteiger partial charge on any atom is -0.367 e. The van der Waals surface area contributed by atoms with Crippen molar-refractivity contribution < 1.29 is 13.6 Å². The third-order valence-corrected chi connectivity index (χ3v) is 5.53. The average Bonchev–Trinajstić information content (AvgIpc) is 2.64. The second kappa shape index (κ2) is 6.97. The zero-order valence-corrected chi connectivity index (χ0v) is 15.5. The fourth-order valence-electron chi connectivity index (χ4n) is 4.21. The number of hydrogen-bond acceptors (Lipinski definition) is 5.